The molecule has 0 aromatic carbocycles. The van der Waals surface area contributed by atoms with E-state index in [2.05, 4.69) is 5.32 Å². The number of ether oxygens (including phenoxy) is 1. The third kappa shape index (κ3) is 3.61. The Morgan fingerprint density at radius 1 is 1.31 bits per heavy atom. The smallest absolute Gasteiger partial charge is 0.223 e. The number of nitrogens with one attached hydrogen (secondary N) is 1. The Bertz CT molecular complexity index is 228. The van der Waals surface area contributed by atoms with Gasteiger partial charge in [0.05, 0.1) is 0 Å². The summed E-state index contributed by atoms with van der Waals surface area (Å²) >= 11 is 0. The molecule has 3 N–H and O–H groups in total. The Labute approximate surface area is 103 Å². The SMILES string of the molecule is Cl.NCC(NC(=O)C1CCOCC1)C1CC1. The molecule has 1 aliphatic carbocycles. The molecule has 5 heteroatoms. The van der Waals surface area contributed by atoms with Crippen LogP contribution in [0.2, 0.25) is 0 Å². The number of carbonyl (C=O) groups excluding carboxylic acids is 1. The molecule has 1 heterocycles. The molecule has 2 fully saturated rings. The van der Waals surface area contributed by atoms with Crippen molar-refractivity contribution in [2.24, 2.45) is 17.6 Å². The van der Waals surface area contributed by atoms with E-state index in [9.17, 15) is 4.79 Å². The number of hydrogen-bond acceptors (Lipinski definition) is 3. The van der Waals surface area contributed by atoms with Crippen LogP contribution in [0.3, 0.4) is 0 Å². The second kappa shape index (κ2) is 6.42. The normalized spacial score (nSPS) is 23.3. The summed E-state index contributed by atoms with van der Waals surface area (Å²) in [5, 5.41) is 3.08. The molecule has 1 saturated carbocycles. The Balaban J connectivity index is 0.00000128. The first-order chi connectivity index (χ1) is 7.31. The fourth-order valence-corrected chi connectivity index (χ4v) is 2.13. The molecule has 94 valence electrons. The molecule has 0 aromatic heterocycles. The number of hydrogen-bond donors (Lipinski definition) is 2. The molecule has 1 unspecified atom stereocenters. The summed E-state index contributed by atoms with van der Waals surface area (Å²) in [6.45, 7) is 2.00. The van der Waals surface area contributed by atoms with Crippen LogP contribution in [0.4, 0.5) is 0 Å². The van der Waals surface area contributed by atoms with Crippen molar-refractivity contribution in [3.05, 3.63) is 0 Å². The number of amides is 1. The molecule has 1 aliphatic heterocycles. The molecule has 1 amide bonds. The average molecular weight is 249 g/mol. The zero-order valence-electron chi connectivity index (χ0n) is 9.48. The molecule has 0 aromatic rings. The second-order valence-electron chi connectivity index (χ2n) is 4.57. The summed E-state index contributed by atoms with van der Waals surface area (Å²) in [6, 6.07) is 0.209. The van der Waals surface area contributed by atoms with Gasteiger partial charge in [0.1, 0.15) is 0 Å². The molecule has 1 atom stereocenters. The van der Waals surface area contributed by atoms with Crippen LogP contribution >= 0.6 is 12.4 Å². The van der Waals surface area contributed by atoms with Crippen molar-refractivity contribution < 1.29 is 9.53 Å². The van der Waals surface area contributed by atoms with Crippen molar-refractivity contribution in [3.8, 4) is 0 Å². The summed E-state index contributed by atoms with van der Waals surface area (Å²) in [5.74, 6) is 0.964. The zero-order chi connectivity index (χ0) is 10.7. The van der Waals surface area contributed by atoms with Crippen LogP contribution in [0.25, 0.3) is 0 Å². The highest BCUT2D eigenvalue weighted by Crippen LogP contribution is 2.32. The lowest BCUT2D eigenvalue weighted by Gasteiger charge is -2.24. The minimum atomic E-state index is 0. The predicted molar refractivity (Wildman–Crippen MR) is 64.5 cm³/mol. The summed E-state index contributed by atoms with van der Waals surface area (Å²) in [6.07, 6.45) is 4.15. The molecular formula is C11H21ClN2O2. The Kier molecular flexibility index (Phi) is 5.52. The summed E-state index contributed by atoms with van der Waals surface area (Å²) in [4.78, 5) is 11.9. The van der Waals surface area contributed by atoms with E-state index < -0.39 is 0 Å². The van der Waals surface area contributed by atoms with Gasteiger partial charge in [-0.15, -0.1) is 12.4 Å². The van der Waals surface area contributed by atoms with E-state index in [1.807, 2.05) is 0 Å². The number of halogens is 1. The average Bonchev–Trinajstić information content (AvgIpc) is 3.10. The van der Waals surface area contributed by atoms with Crippen LogP contribution in [0.5, 0.6) is 0 Å². The van der Waals surface area contributed by atoms with E-state index in [4.69, 9.17) is 10.5 Å². The highest BCUT2D eigenvalue weighted by Gasteiger charge is 2.32. The molecule has 0 spiro atoms. The number of carbonyl (C=O) groups is 1. The van der Waals surface area contributed by atoms with E-state index in [1.54, 1.807) is 0 Å². The summed E-state index contributed by atoms with van der Waals surface area (Å²) in [5.41, 5.74) is 5.65. The van der Waals surface area contributed by atoms with E-state index in [0.29, 0.717) is 12.5 Å². The Morgan fingerprint density at radius 2 is 1.94 bits per heavy atom. The van der Waals surface area contributed by atoms with E-state index >= 15 is 0 Å². The van der Waals surface area contributed by atoms with Gasteiger partial charge in [0.2, 0.25) is 5.91 Å². The molecular weight excluding hydrogens is 228 g/mol. The lowest BCUT2D eigenvalue weighted by molar-refractivity contribution is -0.128. The highest BCUT2D eigenvalue weighted by molar-refractivity contribution is 5.85. The Morgan fingerprint density at radius 3 is 2.44 bits per heavy atom. The molecule has 16 heavy (non-hydrogen) atoms. The van der Waals surface area contributed by atoms with Gasteiger partial charge in [-0.05, 0) is 31.6 Å². The summed E-state index contributed by atoms with van der Waals surface area (Å²) in [7, 11) is 0. The quantitative estimate of drug-likeness (QED) is 0.770. The van der Waals surface area contributed by atoms with Gasteiger partial charge in [-0.1, -0.05) is 0 Å². The molecule has 0 radical (unpaired) electrons. The topological polar surface area (TPSA) is 64.3 Å². The monoisotopic (exact) mass is 248 g/mol. The molecule has 1 saturated heterocycles. The van der Waals surface area contributed by atoms with Crippen LogP contribution in [0.1, 0.15) is 25.7 Å². The van der Waals surface area contributed by atoms with Crippen molar-refractivity contribution >= 4 is 18.3 Å². The fourth-order valence-electron chi connectivity index (χ4n) is 2.13. The summed E-state index contributed by atoms with van der Waals surface area (Å²) < 4.78 is 5.24. The Hall–Kier alpha value is -0.320. The van der Waals surface area contributed by atoms with Gasteiger partial charge in [0, 0.05) is 31.7 Å². The van der Waals surface area contributed by atoms with Crippen molar-refractivity contribution in [2.45, 2.75) is 31.7 Å². The lowest BCUT2D eigenvalue weighted by atomic mass is 9.98. The predicted octanol–water partition coefficient (Wildman–Crippen LogP) is 0.688. The maximum absolute atomic E-state index is 11.9. The standard InChI is InChI=1S/C11H20N2O2.ClH/c12-7-10(8-1-2-8)13-11(14)9-3-5-15-6-4-9;/h8-10H,1-7,12H2,(H,13,14);1H. The maximum Gasteiger partial charge on any atom is 0.223 e. The van der Waals surface area contributed by atoms with E-state index in [-0.39, 0.29) is 30.3 Å². The minimum absolute atomic E-state index is 0. The van der Waals surface area contributed by atoms with Crippen LogP contribution in [-0.2, 0) is 9.53 Å². The minimum Gasteiger partial charge on any atom is -0.381 e. The van der Waals surface area contributed by atoms with Gasteiger partial charge in [0.25, 0.3) is 0 Å². The van der Waals surface area contributed by atoms with Gasteiger partial charge >= 0.3 is 0 Å². The maximum atomic E-state index is 11.9. The highest BCUT2D eigenvalue weighted by atomic mass is 35.5. The van der Waals surface area contributed by atoms with E-state index in [1.165, 1.54) is 12.8 Å². The fraction of sp³-hybridized carbons (Fsp3) is 0.909. The number of rotatable bonds is 4. The first-order valence-electron chi connectivity index (χ1n) is 5.89. The first kappa shape index (κ1) is 13.7. The van der Waals surface area contributed by atoms with Crippen LogP contribution < -0.4 is 11.1 Å². The van der Waals surface area contributed by atoms with Crippen molar-refractivity contribution in [3.63, 3.8) is 0 Å². The molecule has 0 bridgehead atoms. The van der Waals surface area contributed by atoms with E-state index in [0.717, 1.165) is 26.1 Å². The number of nitrogens with two attached hydrogens (primary N) is 1. The van der Waals surface area contributed by atoms with Crippen molar-refractivity contribution in [2.75, 3.05) is 19.8 Å². The second-order valence-corrected chi connectivity index (χ2v) is 4.57. The first-order valence-corrected chi connectivity index (χ1v) is 5.89. The van der Waals surface area contributed by atoms with Gasteiger partial charge < -0.3 is 15.8 Å². The van der Waals surface area contributed by atoms with Gasteiger partial charge in [-0.2, -0.15) is 0 Å². The third-order valence-electron chi connectivity index (χ3n) is 3.36. The van der Waals surface area contributed by atoms with Gasteiger partial charge in [-0.25, -0.2) is 0 Å². The molecule has 4 nitrogen and oxygen atoms in total. The van der Waals surface area contributed by atoms with Gasteiger partial charge in [0.15, 0.2) is 0 Å². The molecule has 2 rings (SSSR count). The molecule has 2 aliphatic rings. The van der Waals surface area contributed by atoms with Crippen LogP contribution in [0, 0.1) is 11.8 Å². The zero-order valence-corrected chi connectivity index (χ0v) is 10.3. The largest absolute Gasteiger partial charge is 0.381 e. The third-order valence-corrected chi connectivity index (χ3v) is 3.36. The van der Waals surface area contributed by atoms with Crippen LogP contribution in [0.15, 0.2) is 0 Å². The van der Waals surface area contributed by atoms with Crippen LogP contribution in [-0.4, -0.2) is 31.7 Å². The van der Waals surface area contributed by atoms with Gasteiger partial charge in [-0.3, -0.25) is 4.79 Å². The van der Waals surface area contributed by atoms with Crippen molar-refractivity contribution in [1.82, 2.24) is 5.32 Å². The lowest BCUT2D eigenvalue weighted by Crippen LogP contribution is -2.45. The van der Waals surface area contributed by atoms with Crippen molar-refractivity contribution in [1.29, 1.82) is 0 Å².